The minimum atomic E-state index is 0.553. The molecule has 2 heteroatoms. The van der Waals surface area contributed by atoms with Crippen molar-refractivity contribution < 1.29 is 0 Å². The summed E-state index contributed by atoms with van der Waals surface area (Å²) in [4.78, 5) is 5.25. The molecular formula is C35H62N2. The molecule has 37 heavy (non-hydrogen) atoms. The molecule has 2 nitrogen and oxygen atoms in total. The molecule has 212 valence electrons. The van der Waals surface area contributed by atoms with Gasteiger partial charge in [0.2, 0.25) is 0 Å². The van der Waals surface area contributed by atoms with Gasteiger partial charge in [-0.1, -0.05) is 166 Å². The molecular weight excluding hydrogens is 448 g/mol. The van der Waals surface area contributed by atoms with Gasteiger partial charge in [0.05, 0.1) is 0 Å². The first kappa shape index (κ1) is 31.8. The highest BCUT2D eigenvalue weighted by Gasteiger charge is 2.25. The van der Waals surface area contributed by atoms with Crippen molar-refractivity contribution >= 4 is 0 Å². The van der Waals surface area contributed by atoms with Crippen LogP contribution in [-0.2, 0) is 6.54 Å². The smallest absolute Gasteiger partial charge is 0.101 e. The molecule has 1 aromatic carbocycles. The van der Waals surface area contributed by atoms with Crippen molar-refractivity contribution in [2.45, 2.75) is 168 Å². The predicted molar refractivity (Wildman–Crippen MR) is 165 cm³/mol. The fraction of sp³-hybridized carbons (Fsp3) is 0.771. The normalized spacial score (nSPS) is 15.2. The fourth-order valence-electron chi connectivity index (χ4n) is 5.84. The summed E-state index contributed by atoms with van der Waals surface area (Å²) in [6.45, 7) is 6.87. The van der Waals surface area contributed by atoms with Crippen LogP contribution in [0, 0.1) is 0 Å². The fourth-order valence-corrected chi connectivity index (χ4v) is 5.84. The van der Waals surface area contributed by atoms with E-state index in [1.807, 2.05) is 0 Å². The first-order chi connectivity index (χ1) is 18.3. The highest BCUT2D eigenvalue weighted by Crippen LogP contribution is 2.25. The molecule has 0 amide bonds. The number of benzene rings is 1. The Kier molecular flexibility index (Phi) is 19.4. The molecule has 1 aromatic rings. The van der Waals surface area contributed by atoms with Gasteiger partial charge in [-0.05, 0) is 24.8 Å². The Balaban J connectivity index is 1.60. The van der Waals surface area contributed by atoms with Crippen molar-refractivity contribution in [2.24, 2.45) is 0 Å². The van der Waals surface area contributed by atoms with Gasteiger partial charge in [0.15, 0.2) is 0 Å². The highest BCUT2D eigenvalue weighted by molar-refractivity contribution is 5.16. The van der Waals surface area contributed by atoms with Crippen LogP contribution in [0.5, 0.6) is 0 Å². The van der Waals surface area contributed by atoms with E-state index >= 15 is 0 Å². The molecule has 0 fully saturated rings. The van der Waals surface area contributed by atoms with Crippen LogP contribution in [-0.4, -0.2) is 22.5 Å². The molecule has 2 rings (SSSR count). The van der Waals surface area contributed by atoms with Gasteiger partial charge in [-0.25, -0.2) is 0 Å². The average molecular weight is 511 g/mol. The largest absolute Gasteiger partial charge is 0.356 e. The van der Waals surface area contributed by atoms with Crippen LogP contribution in [0.25, 0.3) is 0 Å². The van der Waals surface area contributed by atoms with E-state index in [4.69, 9.17) is 0 Å². The Morgan fingerprint density at radius 2 is 0.919 bits per heavy atom. The van der Waals surface area contributed by atoms with Gasteiger partial charge in [-0.15, -0.1) is 0 Å². The molecule has 0 saturated carbocycles. The van der Waals surface area contributed by atoms with E-state index in [0.717, 1.165) is 6.54 Å². The molecule has 0 spiro atoms. The summed E-state index contributed by atoms with van der Waals surface area (Å²) in [5.41, 5.74) is 1.43. The Morgan fingerprint density at radius 3 is 1.43 bits per heavy atom. The Bertz CT molecular complexity index is 640. The van der Waals surface area contributed by atoms with E-state index in [1.54, 1.807) is 0 Å². The molecule has 1 aliphatic rings. The summed E-state index contributed by atoms with van der Waals surface area (Å²) in [6.07, 6.45) is 36.4. The SMILES string of the molecule is CCCCCCCCCCCCCCCN1C=CN(Cc2ccccc2)C1CCCCCCCCCC. The number of hydrogen-bond acceptors (Lipinski definition) is 2. The van der Waals surface area contributed by atoms with Crippen molar-refractivity contribution in [1.29, 1.82) is 0 Å². The third-order valence-corrected chi connectivity index (χ3v) is 8.26. The number of unbranched alkanes of at least 4 members (excludes halogenated alkanes) is 19. The lowest BCUT2D eigenvalue weighted by molar-refractivity contribution is 0.132. The molecule has 1 unspecified atom stereocenters. The van der Waals surface area contributed by atoms with Gasteiger partial charge >= 0.3 is 0 Å². The maximum absolute atomic E-state index is 2.66. The summed E-state index contributed by atoms with van der Waals surface area (Å²) < 4.78 is 0. The van der Waals surface area contributed by atoms with Gasteiger partial charge in [-0.2, -0.15) is 0 Å². The number of rotatable bonds is 25. The molecule has 0 saturated heterocycles. The number of hydrogen-bond donors (Lipinski definition) is 0. The quantitative estimate of drug-likeness (QED) is 0.121. The summed E-state index contributed by atoms with van der Waals surface area (Å²) in [5, 5.41) is 0. The van der Waals surface area contributed by atoms with E-state index in [2.05, 4.69) is 66.4 Å². The van der Waals surface area contributed by atoms with Crippen LogP contribution in [0.2, 0.25) is 0 Å². The number of nitrogens with zero attached hydrogens (tertiary/aromatic N) is 2. The van der Waals surface area contributed by atoms with Crippen LogP contribution in [0.15, 0.2) is 42.7 Å². The Labute approximate surface area is 232 Å². The Morgan fingerprint density at radius 1 is 0.486 bits per heavy atom. The van der Waals surface area contributed by atoms with E-state index in [0.29, 0.717) is 6.17 Å². The summed E-state index contributed by atoms with van der Waals surface area (Å²) in [6, 6.07) is 11.0. The van der Waals surface area contributed by atoms with E-state index in [9.17, 15) is 0 Å². The molecule has 1 atom stereocenters. The molecule has 1 heterocycles. The van der Waals surface area contributed by atoms with Crippen molar-refractivity contribution in [1.82, 2.24) is 9.80 Å². The summed E-state index contributed by atoms with van der Waals surface area (Å²) in [7, 11) is 0. The van der Waals surface area contributed by atoms with Crippen LogP contribution in [0.3, 0.4) is 0 Å². The van der Waals surface area contributed by atoms with Crippen LogP contribution < -0.4 is 0 Å². The van der Waals surface area contributed by atoms with Crippen LogP contribution >= 0.6 is 0 Å². The summed E-state index contributed by atoms with van der Waals surface area (Å²) >= 11 is 0. The zero-order valence-electron chi connectivity index (χ0n) is 25.0. The minimum absolute atomic E-state index is 0.553. The molecule has 0 aromatic heterocycles. The van der Waals surface area contributed by atoms with Crippen molar-refractivity contribution in [3.63, 3.8) is 0 Å². The van der Waals surface area contributed by atoms with E-state index in [-0.39, 0.29) is 0 Å². The lowest BCUT2D eigenvalue weighted by Crippen LogP contribution is -2.38. The molecule has 0 bridgehead atoms. The second-order valence-electron chi connectivity index (χ2n) is 11.7. The molecule has 0 N–H and O–H groups in total. The highest BCUT2D eigenvalue weighted by atomic mass is 15.4. The predicted octanol–water partition coefficient (Wildman–Crippen LogP) is 11.2. The Hall–Kier alpha value is -1.44. The summed E-state index contributed by atoms with van der Waals surface area (Å²) in [5.74, 6) is 0. The van der Waals surface area contributed by atoms with Crippen molar-refractivity contribution in [3.8, 4) is 0 Å². The van der Waals surface area contributed by atoms with Gasteiger partial charge in [0, 0.05) is 25.5 Å². The van der Waals surface area contributed by atoms with Gasteiger partial charge in [0.1, 0.15) is 6.17 Å². The van der Waals surface area contributed by atoms with Gasteiger partial charge in [0.25, 0.3) is 0 Å². The lowest BCUT2D eigenvalue weighted by atomic mass is 10.0. The average Bonchev–Trinajstić information content (AvgIpc) is 3.29. The molecule has 0 radical (unpaired) electrons. The van der Waals surface area contributed by atoms with Crippen molar-refractivity contribution in [2.75, 3.05) is 6.54 Å². The van der Waals surface area contributed by atoms with E-state index < -0.39 is 0 Å². The van der Waals surface area contributed by atoms with Crippen molar-refractivity contribution in [3.05, 3.63) is 48.3 Å². The third-order valence-electron chi connectivity index (χ3n) is 8.26. The minimum Gasteiger partial charge on any atom is -0.356 e. The topological polar surface area (TPSA) is 6.48 Å². The van der Waals surface area contributed by atoms with E-state index in [1.165, 1.54) is 153 Å². The van der Waals surface area contributed by atoms with Gasteiger partial charge in [-0.3, -0.25) is 0 Å². The second-order valence-corrected chi connectivity index (χ2v) is 11.7. The van der Waals surface area contributed by atoms with Crippen LogP contribution in [0.4, 0.5) is 0 Å². The second kappa shape index (κ2) is 22.5. The molecule has 1 aliphatic heterocycles. The maximum Gasteiger partial charge on any atom is 0.101 e. The zero-order valence-corrected chi connectivity index (χ0v) is 25.0. The zero-order chi connectivity index (χ0) is 26.2. The van der Waals surface area contributed by atoms with Gasteiger partial charge < -0.3 is 9.80 Å². The maximum atomic E-state index is 2.66. The first-order valence-corrected chi connectivity index (χ1v) is 16.6. The standard InChI is InChI=1S/C35H62N2/c1-3-5-7-9-11-13-14-15-16-17-19-21-26-30-36-31-32-37(33-34-27-23-22-24-28-34)35(36)29-25-20-18-12-10-8-6-4-2/h22-24,27-28,31-32,35H,3-21,25-26,29-30,33H2,1-2H3. The van der Waals surface area contributed by atoms with Crippen LogP contribution in [0.1, 0.15) is 161 Å². The lowest BCUT2D eigenvalue weighted by Gasteiger charge is -2.33. The first-order valence-electron chi connectivity index (χ1n) is 16.6. The third kappa shape index (κ3) is 15.5. The monoisotopic (exact) mass is 510 g/mol. The molecule has 0 aliphatic carbocycles.